The van der Waals surface area contributed by atoms with E-state index in [1.165, 1.54) is 6.92 Å². The summed E-state index contributed by atoms with van der Waals surface area (Å²) in [5.74, 6) is -6.69. The molecule has 142 valence electrons. The first-order valence-electron chi connectivity index (χ1n) is 7.54. The molecule has 7 N–H and O–H groups in total. The van der Waals surface area contributed by atoms with E-state index in [0.717, 1.165) is 0 Å². The highest BCUT2D eigenvalue weighted by Crippen LogP contribution is 2.38. The molecule has 1 amide bonds. The Labute approximate surface area is 141 Å². The van der Waals surface area contributed by atoms with E-state index >= 15 is 4.39 Å². The van der Waals surface area contributed by atoms with Crippen molar-refractivity contribution in [3.63, 3.8) is 0 Å². The molecule has 7 atom stereocenters. The van der Waals surface area contributed by atoms with E-state index in [9.17, 15) is 24.2 Å². The first-order valence-corrected chi connectivity index (χ1v) is 7.54. The zero-order valence-corrected chi connectivity index (χ0v) is 13.3. The number of fused-ring (bicyclic) bond motifs is 1. The predicted molar refractivity (Wildman–Crippen MR) is 78.4 cm³/mol. The van der Waals surface area contributed by atoms with Crippen molar-refractivity contribution in [2.75, 3.05) is 6.61 Å². The number of aliphatic hydroxyl groups is 2. The molecule has 0 spiro atoms. The van der Waals surface area contributed by atoms with E-state index in [0.29, 0.717) is 0 Å². The van der Waals surface area contributed by atoms with Crippen molar-refractivity contribution in [1.82, 2.24) is 5.32 Å². The maximum Gasteiger partial charge on any atom is 0.375 e. The van der Waals surface area contributed by atoms with Crippen LogP contribution in [0, 0.1) is 0 Å². The van der Waals surface area contributed by atoms with E-state index in [2.05, 4.69) is 15.0 Å². The second-order valence-corrected chi connectivity index (χ2v) is 5.75. The molecule has 10 nitrogen and oxygen atoms in total. The molecule has 0 aromatic rings. The zero-order chi connectivity index (χ0) is 18.9. The molecule has 2 aliphatic heterocycles. The van der Waals surface area contributed by atoms with Gasteiger partial charge >= 0.3 is 11.8 Å². The van der Waals surface area contributed by atoms with Gasteiger partial charge < -0.3 is 36.5 Å². The topological polar surface area (TPSA) is 169 Å². The number of hydrogen-bond donors (Lipinski definition) is 5. The van der Waals surface area contributed by atoms with Gasteiger partial charge in [0.2, 0.25) is 5.91 Å². The molecule has 0 aromatic carbocycles. The Bertz CT molecular complexity index is 575. The van der Waals surface area contributed by atoms with Crippen molar-refractivity contribution >= 4 is 17.8 Å². The average molecular weight is 366 g/mol. The minimum Gasteiger partial charge on any atom is -0.462 e. The summed E-state index contributed by atoms with van der Waals surface area (Å²) in [6, 6.07) is -3.21. The summed E-state index contributed by atoms with van der Waals surface area (Å²) in [4.78, 5) is 27.2. The Morgan fingerprint density at radius 2 is 2.16 bits per heavy atom. The molecule has 2 rings (SSSR count). The van der Waals surface area contributed by atoms with E-state index in [1.807, 2.05) is 0 Å². The van der Waals surface area contributed by atoms with Crippen molar-refractivity contribution in [1.29, 1.82) is 0 Å². The molecule has 0 radical (unpaired) electrons. The number of nitrogens with one attached hydrogen (secondary N) is 1. The number of hydrogen-bond acceptors (Lipinski definition) is 7. The van der Waals surface area contributed by atoms with Crippen molar-refractivity contribution in [3.8, 4) is 0 Å². The quantitative estimate of drug-likeness (QED) is 0.203. The van der Waals surface area contributed by atoms with Gasteiger partial charge in [-0.2, -0.15) is 4.39 Å². The molecule has 2 fully saturated rings. The zero-order valence-electron chi connectivity index (χ0n) is 13.3. The summed E-state index contributed by atoms with van der Waals surface area (Å²) in [6.07, 6.45) is -8.41. The molecule has 0 bridgehead atoms. The fourth-order valence-electron chi connectivity index (χ4n) is 2.86. The van der Waals surface area contributed by atoms with E-state index in [1.54, 1.807) is 0 Å². The number of rotatable bonds is 3. The number of halogens is 2. The largest absolute Gasteiger partial charge is 0.462 e. The lowest BCUT2D eigenvalue weighted by Gasteiger charge is -2.45. The van der Waals surface area contributed by atoms with Crippen LogP contribution < -0.4 is 16.8 Å². The molecule has 4 unspecified atom stereocenters. The first kappa shape index (κ1) is 19.3. The maximum absolute atomic E-state index is 15.0. The lowest BCUT2D eigenvalue weighted by atomic mass is 9.87. The number of ether oxygens (including phenoxy) is 2. The van der Waals surface area contributed by atoms with Crippen molar-refractivity contribution in [2.45, 2.75) is 55.8 Å². The van der Waals surface area contributed by atoms with E-state index in [4.69, 9.17) is 16.2 Å². The summed E-state index contributed by atoms with van der Waals surface area (Å²) in [6.45, 7) is 1.11. The monoisotopic (exact) mass is 366 g/mol. The minimum absolute atomic E-state index is 0.260. The van der Waals surface area contributed by atoms with Crippen LogP contribution in [0.1, 0.15) is 13.3 Å². The number of nitrogens with two attached hydrogens (primary N) is 2. The molecule has 0 aliphatic carbocycles. The van der Waals surface area contributed by atoms with Crippen LogP contribution in [0.5, 0.6) is 0 Å². The summed E-state index contributed by atoms with van der Waals surface area (Å²) >= 11 is 0. The van der Waals surface area contributed by atoms with Crippen LogP contribution in [-0.4, -0.2) is 77.1 Å². The fraction of sp³-hybridized carbons (Fsp3) is 0.769. The molecular weight excluding hydrogens is 346 g/mol. The Hall–Kier alpha value is -2.05. The molecule has 0 saturated carbocycles. The number of amides is 1. The number of aliphatic hydroxyl groups excluding tert-OH is 2. The second kappa shape index (κ2) is 7.06. The third-order valence-electron chi connectivity index (χ3n) is 3.99. The molecule has 2 heterocycles. The van der Waals surface area contributed by atoms with Crippen LogP contribution in [0.3, 0.4) is 0 Å². The van der Waals surface area contributed by atoms with Crippen molar-refractivity contribution in [2.24, 2.45) is 16.5 Å². The molecule has 2 aliphatic rings. The normalized spacial score (nSPS) is 41.1. The smallest absolute Gasteiger partial charge is 0.375 e. The van der Waals surface area contributed by atoms with Crippen LogP contribution in [0.25, 0.3) is 0 Å². The lowest BCUT2D eigenvalue weighted by Crippen LogP contribution is -2.69. The number of alkyl halides is 2. The van der Waals surface area contributed by atoms with Crippen LogP contribution in [0.4, 0.5) is 8.78 Å². The predicted octanol–water partition coefficient (Wildman–Crippen LogP) is -2.80. The highest BCUT2D eigenvalue weighted by molar-refractivity contribution is 5.81. The highest BCUT2D eigenvalue weighted by Gasteiger charge is 2.64. The third-order valence-corrected chi connectivity index (χ3v) is 3.99. The SMILES string of the molecule is CCOC(=O)[C@]1(F)OC2C(NC(=O)C[C@@H](O)[C@H]2O)C(N=C(N)N)C1F. The number of esters is 1. The van der Waals surface area contributed by atoms with Gasteiger partial charge in [-0.1, -0.05) is 0 Å². The van der Waals surface area contributed by atoms with Crippen LogP contribution in [0.15, 0.2) is 4.99 Å². The molecule has 25 heavy (non-hydrogen) atoms. The van der Waals surface area contributed by atoms with Gasteiger partial charge in [-0.3, -0.25) is 4.79 Å². The Balaban J connectivity index is 2.50. The Morgan fingerprint density at radius 1 is 1.52 bits per heavy atom. The average Bonchev–Trinajstić information content (AvgIpc) is 2.62. The number of aliphatic imine (C=N–C) groups is 1. The van der Waals surface area contributed by atoms with E-state index < -0.39 is 66.7 Å². The number of carbonyl (C=O) groups is 2. The van der Waals surface area contributed by atoms with Gasteiger partial charge in [-0.25, -0.2) is 14.2 Å². The summed E-state index contributed by atoms with van der Waals surface area (Å²) in [5, 5.41) is 22.2. The maximum atomic E-state index is 15.0. The molecule has 12 heteroatoms. The highest BCUT2D eigenvalue weighted by atomic mass is 19.2. The summed E-state index contributed by atoms with van der Waals surface area (Å²) in [5.41, 5.74) is 10.4. The fourth-order valence-corrected chi connectivity index (χ4v) is 2.86. The number of guanidine groups is 1. The van der Waals surface area contributed by atoms with Gasteiger partial charge in [0.15, 0.2) is 12.1 Å². The van der Waals surface area contributed by atoms with Gasteiger partial charge in [0, 0.05) is 0 Å². The van der Waals surface area contributed by atoms with Crippen LogP contribution >= 0.6 is 0 Å². The van der Waals surface area contributed by atoms with Gasteiger partial charge in [0.05, 0.1) is 25.2 Å². The third kappa shape index (κ3) is 3.50. The summed E-state index contributed by atoms with van der Waals surface area (Å²) < 4.78 is 39.1. The minimum atomic E-state index is -3.63. The number of nitrogens with zero attached hydrogens (tertiary/aromatic N) is 1. The van der Waals surface area contributed by atoms with Crippen LogP contribution in [-0.2, 0) is 19.1 Å². The first-order chi connectivity index (χ1) is 11.6. The standard InChI is InChI=1S/C13H20F2N4O6/c1-2-24-11(23)13(15)10(14)7(19-12(16)17)6-9(25-13)8(22)4(20)3-5(21)18-6/h4,6-10,20,22H,2-3H2,1H3,(H,18,21)(H4,16,17,19)/t4-,6?,7?,8-,9?,10?,13-/m1/s1. The van der Waals surface area contributed by atoms with Crippen molar-refractivity contribution in [3.05, 3.63) is 0 Å². The number of carbonyl (C=O) groups excluding carboxylic acids is 2. The van der Waals surface area contributed by atoms with Gasteiger partial charge in [-0.05, 0) is 6.92 Å². The van der Waals surface area contributed by atoms with Gasteiger partial charge in [-0.15, -0.1) is 0 Å². The molecular formula is C13H20F2N4O6. The van der Waals surface area contributed by atoms with Crippen molar-refractivity contribution < 1.29 is 38.1 Å². The Morgan fingerprint density at radius 3 is 2.72 bits per heavy atom. The molecule has 2 saturated heterocycles. The molecule has 0 aromatic heterocycles. The van der Waals surface area contributed by atoms with Crippen LogP contribution in [0.2, 0.25) is 0 Å². The van der Waals surface area contributed by atoms with Gasteiger partial charge in [0.25, 0.3) is 0 Å². The Kier molecular flexibility index (Phi) is 5.44. The second-order valence-electron chi connectivity index (χ2n) is 5.75. The summed E-state index contributed by atoms with van der Waals surface area (Å²) in [7, 11) is 0. The lowest BCUT2D eigenvalue weighted by molar-refractivity contribution is -0.275. The van der Waals surface area contributed by atoms with E-state index in [-0.39, 0.29) is 6.61 Å². The van der Waals surface area contributed by atoms with Gasteiger partial charge in [0.1, 0.15) is 18.2 Å².